The highest BCUT2D eigenvalue weighted by Crippen LogP contribution is 2.07. The standard InChI is InChI=1S/C14H21N3O/c1-4-12(5-2)16-17-14(18)10-15-13-8-6-11(3)7-9-13/h6-9,15H,4-5,10H2,1-3H3,(H,17,18). The number of anilines is 1. The van der Waals surface area contributed by atoms with E-state index in [1.807, 2.05) is 45.0 Å². The third kappa shape index (κ3) is 4.99. The Labute approximate surface area is 108 Å². The quantitative estimate of drug-likeness (QED) is 0.600. The van der Waals surface area contributed by atoms with Crippen LogP contribution in [0.4, 0.5) is 5.69 Å². The first kappa shape index (κ1) is 14.2. The molecule has 0 atom stereocenters. The number of hydrogen-bond donors (Lipinski definition) is 2. The van der Waals surface area contributed by atoms with Gasteiger partial charge in [-0.05, 0) is 31.9 Å². The smallest absolute Gasteiger partial charge is 0.259 e. The summed E-state index contributed by atoms with van der Waals surface area (Å²) in [6.45, 7) is 6.31. The second-order valence-electron chi connectivity index (χ2n) is 4.14. The van der Waals surface area contributed by atoms with Crippen LogP contribution in [0.3, 0.4) is 0 Å². The van der Waals surface area contributed by atoms with Crippen LogP contribution in [-0.4, -0.2) is 18.2 Å². The Morgan fingerprint density at radius 3 is 2.33 bits per heavy atom. The van der Waals surface area contributed by atoms with Gasteiger partial charge in [-0.2, -0.15) is 5.10 Å². The predicted molar refractivity (Wildman–Crippen MR) is 75.8 cm³/mol. The number of hydrazone groups is 1. The third-order valence-electron chi connectivity index (χ3n) is 2.66. The molecule has 18 heavy (non-hydrogen) atoms. The van der Waals surface area contributed by atoms with Crippen LogP contribution >= 0.6 is 0 Å². The first-order valence-corrected chi connectivity index (χ1v) is 6.30. The van der Waals surface area contributed by atoms with Crippen molar-refractivity contribution >= 4 is 17.3 Å². The minimum Gasteiger partial charge on any atom is -0.376 e. The van der Waals surface area contributed by atoms with E-state index in [0.29, 0.717) is 0 Å². The summed E-state index contributed by atoms with van der Waals surface area (Å²) in [7, 11) is 0. The number of nitrogens with one attached hydrogen (secondary N) is 2. The fourth-order valence-electron chi connectivity index (χ4n) is 1.44. The minimum atomic E-state index is -0.130. The van der Waals surface area contributed by atoms with Crippen molar-refractivity contribution in [1.29, 1.82) is 0 Å². The zero-order chi connectivity index (χ0) is 13.4. The Hall–Kier alpha value is -1.84. The van der Waals surface area contributed by atoms with Crippen molar-refractivity contribution in [2.75, 3.05) is 11.9 Å². The zero-order valence-electron chi connectivity index (χ0n) is 11.3. The van der Waals surface area contributed by atoms with Gasteiger partial charge in [0.2, 0.25) is 0 Å². The van der Waals surface area contributed by atoms with Gasteiger partial charge in [-0.3, -0.25) is 4.79 Å². The second kappa shape index (κ2) is 7.48. The van der Waals surface area contributed by atoms with E-state index in [0.717, 1.165) is 24.2 Å². The molecule has 0 aliphatic carbocycles. The van der Waals surface area contributed by atoms with Gasteiger partial charge < -0.3 is 5.32 Å². The van der Waals surface area contributed by atoms with Gasteiger partial charge in [0.05, 0.1) is 6.54 Å². The van der Waals surface area contributed by atoms with Gasteiger partial charge in [0.15, 0.2) is 0 Å². The first-order chi connectivity index (χ1) is 8.65. The number of nitrogens with zero attached hydrogens (tertiary/aromatic N) is 1. The molecule has 1 amide bonds. The average Bonchev–Trinajstić information content (AvgIpc) is 2.39. The lowest BCUT2D eigenvalue weighted by Crippen LogP contribution is -2.26. The largest absolute Gasteiger partial charge is 0.376 e. The molecule has 0 unspecified atom stereocenters. The molecule has 1 aromatic rings. The molecule has 0 aliphatic rings. The monoisotopic (exact) mass is 247 g/mol. The molecular weight excluding hydrogens is 226 g/mol. The van der Waals surface area contributed by atoms with E-state index in [2.05, 4.69) is 15.8 Å². The Kier molecular flexibility index (Phi) is 5.91. The topological polar surface area (TPSA) is 53.5 Å². The lowest BCUT2D eigenvalue weighted by molar-refractivity contribution is -0.119. The molecule has 0 aromatic heterocycles. The van der Waals surface area contributed by atoms with E-state index in [1.54, 1.807) is 0 Å². The minimum absolute atomic E-state index is 0.130. The Bertz CT molecular complexity index is 404. The average molecular weight is 247 g/mol. The maximum absolute atomic E-state index is 11.5. The van der Waals surface area contributed by atoms with Gasteiger partial charge in [-0.1, -0.05) is 31.5 Å². The van der Waals surface area contributed by atoms with Crippen LogP contribution in [0.5, 0.6) is 0 Å². The van der Waals surface area contributed by atoms with Crippen molar-refractivity contribution in [2.45, 2.75) is 33.6 Å². The number of aryl methyl sites for hydroxylation is 1. The summed E-state index contributed by atoms with van der Waals surface area (Å²) in [5.74, 6) is -0.130. The second-order valence-corrected chi connectivity index (χ2v) is 4.14. The molecule has 1 rings (SSSR count). The molecule has 0 spiro atoms. The van der Waals surface area contributed by atoms with Crippen LogP contribution in [0.1, 0.15) is 32.3 Å². The number of benzene rings is 1. The van der Waals surface area contributed by atoms with Gasteiger partial charge >= 0.3 is 0 Å². The van der Waals surface area contributed by atoms with E-state index < -0.39 is 0 Å². The molecule has 4 nitrogen and oxygen atoms in total. The molecule has 0 bridgehead atoms. The predicted octanol–water partition coefficient (Wildman–Crippen LogP) is 2.70. The van der Waals surface area contributed by atoms with Gasteiger partial charge in [0.1, 0.15) is 0 Å². The molecule has 98 valence electrons. The highest BCUT2D eigenvalue weighted by Gasteiger charge is 2.00. The van der Waals surface area contributed by atoms with E-state index in [-0.39, 0.29) is 12.5 Å². The number of rotatable bonds is 6. The SMILES string of the molecule is CCC(CC)=NNC(=O)CNc1ccc(C)cc1. The summed E-state index contributed by atoms with van der Waals surface area (Å²) in [4.78, 5) is 11.5. The maximum Gasteiger partial charge on any atom is 0.259 e. The van der Waals surface area contributed by atoms with E-state index >= 15 is 0 Å². The van der Waals surface area contributed by atoms with Crippen molar-refractivity contribution in [3.63, 3.8) is 0 Å². The Balaban J connectivity index is 2.37. The first-order valence-electron chi connectivity index (χ1n) is 6.30. The Morgan fingerprint density at radius 2 is 1.78 bits per heavy atom. The van der Waals surface area contributed by atoms with Crippen LogP contribution in [-0.2, 0) is 4.79 Å². The van der Waals surface area contributed by atoms with Gasteiger partial charge in [0, 0.05) is 11.4 Å². The van der Waals surface area contributed by atoms with Crippen LogP contribution < -0.4 is 10.7 Å². The summed E-state index contributed by atoms with van der Waals surface area (Å²) in [6.07, 6.45) is 1.73. The fraction of sp³-hybridized carbons (Fsp3) is 0.429. The Morgan fingerprint density at radius 1 is 1.17 bits per heavy atom. The van der Waals surface area contributed by atoms with Crippen LogP contribution in [0.15, 0.2) is 29.4 Å². The molecular formula is C14H21N3O. The molecule has 0 heterocycles. The molecule has 2 N–H and O–H groups in total. The number of amides is 1. The van der Waals surface area contributed by atoms with Crippen molar-refractivity contribution in [3.8, 4) is 0 Å². The van der Waals surface area contributed by atoms with Crippen LogP contribution in [0.2, 0.25) is 0 Å². The summed E-state index contributed by atoms with van der Waals surface area (Å²) in [6, 6.07) is 7.92. The third-order valence-corrected chi connectivity index (χ3v) is 2.66. The number of carbonyl (C=O) groups is 1. The van der Waals surface area contributed by atoms with Crippen molar-refractivity contribution in [1.82, 2.24) is 5.43 Å². The van der Waals surface area contributed by atoms with Gasteiger partial charge in [0.25, 0.3) is 5.91 Å². The normalized spacial score (nSPS) is 9.72. The maximum atomic E-state index is 11.5. The van der Waals surface area contributed by atoms with Crippen molar-refractivity contribution in [3.05, 3.63) is 29.8 Å². The summed E-state index contributed by atoms with van der Waals surface area (Å²) in [5, 5.41) is 7.11. The molecule has 0 saturated carbocycles. The molecule has 1 aromatic carbocycles. The highest BCUT2D eigenvalue weighted by atomic mass is 16.2. The van der Waals surface area contributed by atoms with Crippen molar-refractivity contribution < 1.29 is 4.79 Å². The lowest BCUT2D eigenvalue weighted by Gasteiger charge is -2.06. The molecule has 4 heteroatoms. The number of carbonyl (C=O) groups excluding carboxylic acids is 1. The molecule has 0 radical (unpaired) electrons. The summed E-state index contributed by atoms with van der Waals surface area (Å²) < 4.78 is 0. The highest BCUT2D eigenvalue weighted by molar-refractivity contribution is 5.86. The fourth-order valence-corrected chi connectivity index (χ4v) is 1.44. The van der Waals surface area contributed by atoms with Gasteiger partial charge in [-0.25, -0.2) is 5.43 Å². The number of hydrogen-bond acceptors (Lipinski definition) is 3. The molecule has 0 fully saturated rings. The lowest BCUT2D eigenvalue weighted by atomic mass is 10.2. The molecule has 0 aliphatic heterocycles. The van der Waals surface area contributed by atoms with Crippen LogP contribution in [0, 0.1) is 6.92 Å². The summed E-state index contributed by atoms with van der Waals surface area (Å²) in [5.41, 5.74) is 5.69. The zero-order valence-corrected chi connectivity index (χ0v) is 11.3. The van der Waals surface area contributed by atoms with Crippen molar-refractivity contribution in [2.24, 2.45) is 5.10 Å². The van der Waals surface area contributed by atoms with E-state index in [1.165, 1.54) is 5.56 Å². The van der Waals surface area contributed by atoms with E-state index in [9.17, 15) is 4.79 Å². The van der Waals surface area contributed by atoms with Gasteiger partial charge in [-0.15, -0.1) is 0 Å². The molecule has 0 saturated heterocycles. The van der Waals surface area contributed by atoms with E-state index in [4.69, 9.17) is 0 Å². The summed E-state index contributed by atoms with van der Waals surface area (Å²) >= 11 is 0. The van der Waals surface area contributed by atoms with Crippen LogP contribution in [0.25, 0.3) is 0 Å².